The summed E-state index contributed by atoms with van der Waals surface area (Å²) in [6.45, 7) is 0. The van der Waals surface area contributed by atoms with Gasteiger partial charge in [-0.25, -0.2) is 4.98 Å². The highest BCUT2D eigenvalue weighted by Gasteiger charge is 2.45. The smallest absolute Gasteiger partial charge is 0.330 e. The number of nitriles is 1. The standard InChI is InChI=1S/C18H18F3N3O/c1-24-15-8-3-2-7-14(15)23-17(24)13(10-22)16(25)11-5-4-6-12(9-11)18(19,20)21/h2-3,7-8,11-13H,4-6,9H2,1H3. The van der Waals surface area contributed by atoms with Crippen molar-refractivity contribution in [1.29, 1.82) is 5.26 Å². The highest BCUT2D eigenvalue weighted by Crippen LogP contribution is 2.41. The number of benzene rings is 1. The molecule has 25 heavy (non-hydrogen) atoms. The van der Waals surface area contributed by atoms with Gasteiger partial charge in [-0.2, -0.15) is 18.4 Å². The fourth-order valence-corrected chi connectivity index (χ4v) is 3.65. The molecule has 0 spiro atoms. The van der Waals surface area contributed by atoms with Crippen molar-refractivity contribution in [1.82, 2.24) is 9.55 Å². The Hall–Kier alpha value is -2.36. The van der Waals surface area contributed by atoms with E-state index in [4.69, 9.17) is 0 Å². The van der Waals surface area contributed by atoms with Crippen molar-refractivity contribution < 1.29 is 18.0 Å². The third-order valence-electron chi connectivity index (χ3n) is 5.03. The number of nitrogens with zero attached hydrogens (tertiary/aromatic N) is 3. The van der Waals surface area contributed by atoms with Gasteiger partial charge < -0.3 is 4.57 Å². The van der Waals surface area contributed by atoms with Crippen molar-refractivity contribution in [2.45, 2.75) is 37.8 Å². The number of ketones is 1. The van der Waals surface area contributed by atoms with Gasteiger partial charge in [0.1, 0.15) is 5.82 Å². The van der Waals surface area contributed by atoms with E-state index in [1.165, 1.54) is 0 Å². The minimum absolute atomic E-state index is 0.0524. The van der Waals surface area contributed by atoms with Crippen LogP contribution in [0.3, 0.4) is 0 Å². The Labute approximate surface area is 143 Å². The van der Waals surface area contributed by atoms with E-state index >= 15 is 0 Å². The molecule has 0 bridgehead atoms. The number of carbonyl (C=O) groups is 1. The van der Waals surface area contributed by atoms with E-state index in [0.29, 0.717) is 24.2 Å². The van der Waals surface area contributed by atoms with Crippen LogP contribution in [0.1, 0.15) is 37.4 Å². The average molecular weight is 349 g/mol. The van der Waals surface area contributed by atoms with Crippen LogP contribution in [0.15, 0.2) is 24.3 Å². The Morgan fingerprint density at radius 2 is 2.08 bits per heavy atom. The zero-order valence-electron chi connectivity index (χ0n) is 13.8. The molecule has 7 heteroatoms. The van der Waals surface area contributed by atoms with Gasteiger partial charge in [0.25, 0.3) is 0 Å². The Balaban J connectivity index is 1.88. The number of hydrogen-bond donors (Lipinski definition) is 0. The van der Waals surface area contributed by atoms with Gasteiger partial charge >= 0.3 is 6.18 Å². The molecule has 0 amide bonds. The first kappa shape index (κ1) is 17.5. The summed E-state index contributed by atoms with van der Waals surface area (Å²) in [6, 6.07) is 9.19. The summed E-state index contributed by atoms with van der Waals surface area (Å²) in [5.41, 5.74) is 1.44. The van der Waals surface area contributed by atoms with E-state index in [1.807, 2.05) is 18.2 Å². The largest absolute Gasteiger partial charge is 0.391 e. The molecule has 132 valence electrons. The summed E-state index contributed by atoms with van der Waals surface area (Å²) in [5, 5.41) is 9.51. The third-order valence-corrected chi connectivity index (χ3v) is 5.03. The number of alkyl halides is 3. The van der Waals surface area contributed by atoms with Crippen LogP contribution in [0.2, 0.25) is 0 Å². The first-order valence-electron chi connectivity index (χ1n) is 8.24. The highest BCUT2D eigenvalue weighted by molar-refractivity contribution is 5.91. The molecule has 1 saturated carbocycles. The van der Waals surface area contributed by atoms with Gasteiger partial charge in [0, 0.05) is 13.0 Å². The molecule has 3 rings (SSSR count). The van der Waals surface area contributed by atoms with E-state index < -0.39 is 29.7 Å². The van der Waals surface area contributed by atoms with Crippen LogP contribution in [-0.2, 0) is 11.8 Å². The van der Waals surface area contributed by atoms with E-state index in [-0.39, 0.29) is 12.8 Å². The first-order chi connectivity index (χ1) is 11.8. The Kier molecular flexibility index (Phi) is 4.55. The van der Waals surface area contributed by atoms with Crippen LogP contribution >= 0.6 is 0 Å². The molecule has 4 nitrogen and oxygen atoms in total. The second-order valence-electron chi connectivity index (χ2n) is 6.58. The van der Waals surface area contributed by atoms with Gasteiger partial charge in [-0.05, 0) is 31.4 Å². The summed E-state index contributed by atoms with van der Waals surface area (Å²) in [5.74, 6) is -3.51. The number of para-hydroxylation sites is 2. The molecule has 0 aliphatic heterocycles. The maximum atomic E-state index is 13.0. The third kappa shape index (κ3) is 3.26. The lowest BCUT2D eigenvalue weighted by Crippen LogP contribution is -2.34. The van der Waals surface area contributed by atoms with Gasteiger partial charge in [-0.1, -0.05) is 18.6 Å². The van der Waals surface area contributed by atoms with Crippen LogP contribution in [0.4, 0.5) is 13.2 Å². The van der Waals surface area contributed by atoms with Crippen molar-refractivity contribution in [2.75, 3.05) is 0 Å². The zero-order chi connectivity index (χ0) is 18.2. The maximum Gasteiger partial charge on any atom is 0.391 e. The monoisotopic (exact) mass is 349 g/mol. The lowest BCUT2D eigenvalue weighted by Gasteiger charge is -2.30. The van der Waals surface area contributed by atoms with Crippen molar-refractivity contribution in [3.05, 3.63) is 30.1 Å². The van der Waals surface area contributed by atoms with E-state index in [1.54, 1.807) is 23.7 Å². The minimum Gasteiger partial charge on any atom is -0.330 e. The number of imidazole rings is 1. The fraction of sp³-hybridized carbons (Fsp3) is 0.500. The SMILES string of the molecule is Cn1c(C(C#N)C(=O)C2CCCC(C(F)(F)F)C2)nc2ccccc21. The molecule has 0 N–H and O–H groups in total. The molecule has 1 aliphatic rings. The Morgan fingerprint density at radius 1 is 1.36 bits per heavy atom. The molecular weight excluding hydrogens is 331 g/mol. The predicted molar refractivity (Wildman–Crippen MR) is 85.6 cm³/mol. The molecule has 3 atom stereocenters. The van der Waals surface area contributed by atoms with Gasteiger partial charge in [0.15, 0.2) is 11.7 Å². The van der Waals surface area contributed by atoms with E-state index in [0.717, 1.165) is 5.52 Å². The molecule has 0 radical (unpaired) electrons. The molecule has 3 unspecified atom stereocenters. The molecule has 1 aromatic carbocycles. The van der Waals surface area contributed by atoms with Gasteiger partial charge in [0.05, 0.1) is 23.0 Å². The molecule has 2 aromatic rings. The van der Waals surface area contributed by atoms with Gasteiger partial charge in [-0.15, -0.1) is 0 Å². The maximum absolute atomic E-state index is 13.0. The minimum atomic E-state index is -4.29. The van der Waals surface area contributed by atoms with E-state index in [2.05, 4.69) is 4.98 Å². The molecule has 1 aliphatic carbocycles. The lowest BCUT2D eigenvalue weighted by atomic mass is 9.76. The molecular formula is C18H18F3N3O. The average Bonchev–Trinajstić information content (AvgIpc) is 2.92. The summed E-state index contributed by atoms with van der Waals surface area (Å²) in [6.07, 6.45) is -3.73. The van der Waals surface area contributed by atoms with Gasteiger partial charge in [0.2, 0.25) is 0 Å². The lowest BCUT2D eigenvalue weighted by molar-refractivity contribution is -0.186. The fourth-order valence-electron chi connectivity index (χ4n) is 3.65. The number of hydrogen-bond acceptors (Lipinski definition) is 3. The molecule has 0 saturated heterocycles. The van der Waals surface area contributed by atoms with Crippen molar-refractivity contribution >= 4 is 16.8 Å². The number of rotatable bonds is 3. The zero-order valence-corrected chi connectivity index (χ0v) is 13.8. The number of carbonyl (C=O) groups excluding carboxylic acids is 1. The number of aromatic nitrogens is 2. The predicted octanol–water partition coefficient (Wildman–Crippen LogP) is 4.12. The first-order valence-corrected chi connectivity index (χ1v) is 8.24. The van der Waals surface area contributed by atoms with Crippen LogP contribution in [0, 0.1) is 23.2 Å². The Morgan fingerprint density at radius 3 is 2.72 bits per heavy atom. The van der Waals surface area contributed by atoms with Crippen LogP contribution < -0.4 is 0 Å². The number of halogens is 3. The van der Waals surface area contributed by atoms with Crippen molar-refractivity contribution in [3.63, 3.8) is 0 Å². The normalized spacial score (nSPS) is 22.5. The van der Waals surface area contributed by atoms with E-state index in [9.17, 15) is 23.2 Å². The van der Waals surface area contributed by atoms with Crippen molar-refractivity contribution in [3.8, 4) is 6.07 Å². The summed E-state index contributed by atoms with van der Waals surface area (Å²) in [7, 11) is 1.71. The van der Waals surface area contributed by atoms with Crippen LogP contribution in [-0.4, -0.2) is 21.5 Å². The number of aryl methyl sites for hydroxylation is 1. The second kappa shape index (κ2) is 6.51. The summed E-state index contributed by atoms with van der Waals surface area (Å²) in [4.78, 5) is 17.2. The summed E-state index contributed by atoms with van der Waals surface area (Å²) >= 11 is 0. The summed E-state index contributed by atoms with van der Waals surface area (Å²) < 4.78 is 40.7. The molecule has 1 fully saturated rings. The van der Waals surface area contributed by atoms with Crippen LogP contribution in [0.25, 0.3) is 11.0 Å². The molecule has 1 aromatic heterocycles. The van der Waals surface area contributed by atoms with Crippen molar-refractivity contribution in [2.24, 2.45) is 18.9 Å². The second-order valence-corrected chi connectivity index (χ2v) is 6.58. The Bertz CT molecular complexity index is 834. The van der Waals surface area contributed by atoms with Crippen LogP contribution in [0.5, 0.6) is 0 Å². The highest BCUT2D eigenvalue weighted by atomic mass is 19.4. The van der Waals surface area contributed by atoms with Gasteiger partial charge in [-0.3, -0.25) is 4.79 Å². The number of Topliss-reactive ketones (excluding diaryl/α,β-unsaturated/α-hetero) is 1. The molecule has 1 heterocycles. The number of fused-ring (bicyclic) bond motifs is 1. The quantitative estimate of drug-likeness (QED) is 0.837. The topological polar surface area (TPSA) is 58.7 Å².